The lowest BCUT2D eigenvalue weighted by atomic mass is 10.5. The van der Waals surface area contributed by atoms with Crippen LogP contribution < -0.4 is 5.73 Å². The molecule has 0 spiro atoms. The summed E-state index contributed by atoms with van der Waals surface area (Å²) in [5.41, 5.74) is 5.09. The fourth-order valence-electron chi connectivity index (χ4n) is 0.764. The molecule has 0 unspecified atom stereocenters. The Morgan fingerprint density at radius 2 is 1.78 bits per heavy atom. The van der Waals surface area contributed by atoms with E-state index in [-0.39, 0.29) is 5.00 Å². The topological polar surface area (TPSA) is 26.0 Å². The lowest BCUT2D eigenvalue weighted by molar-refractivity contribution is -0.134. The Morgan fingerprint density at radius 1 is 1.17 bits per heavy atom. The predicted molar refractivity (Wildman–Crippen MR) is 74.4 cm³/mol. The van der Waals surface area contributed by atoms with Gasteiger partial charge in [-0.15, -0.1) is 22.7 Å². The van der Waals surface area contributed by atoms with E-state index in [9.17, 15) is 13.2 Å². The highest BCUT2D eigenvalue weighted by atomic mass is 35.5. The zero-order chi connectivity index (χ0) is 14.2. The van der Waals surface area contributed by atoms with Gasteiger partial charge in [0.15, 0.2) is 0 Å². The number of nitrogen functional groups attached to an aromatic ring is 1. The highest BCUT2D eigenvalue weighted by Gasteiger charge is 2.31. The molecule has 7 heteroatoms. The van der Waals surface area contributed by atoms with Gasteiger partial charge in [0.2, 0.25) is 0 Å². The largest absolute Gasteiger partial charge is 0.425 e. The average molecular weight is 316 g/mol. The van der Waals surface area contributed by atoms with Crippen molar-refractivity contribution in [3.63, 3.8) is 0 Å². The van der Waals surface area contributed by atoms with E-state index in [1.807, 2.05) is 31.4 Å². The smallest absolute Gasteiger partial charge is 0.391 e. The van der Waals surface area contributed by atoms with Crippen LogP contribution in [0.3, 0.4) is 0 Å². The van der Waals surface area contributed by atoms with Crippen molar-refractivity contribution < 1.29 is 13.2 Å². The fourth-order valence-corrected chi connectivity index (χ4v) is 2.08. The standard InChI is InChI=1S/C5H4F3NS.C4H3ClS.C2H6/c6-5(7,8)3-1-2-4(9)10-3;5-4-2-1-3-6-4;1-2/h1-2H,9H2;1-3H;1-2H3. The third kappa shape index (κ3) is 6.88. The third-order valence-electron chi connectivity index (χ3n) is 1.39. The summed E-state index contributed by atoms with van der Waals surface area (Å²) in [5.74, 6) is 0. The summed E-state index contributed by atoms with van der Waals surface area (Å²) in [6.07, 6.45) is -4.25. The molecule has 2 aromatic heterocycles. The molecule has 0 amide bonds. The number of hydrogen-bond donors (Lipinski definition) is 1. The summed E-state index contributed by atoms with van der Waals surface area (Å²) in [6, 6.07) is 6.01. The van der Waals surface area contributed by atoms with Crippen molar-refractivity contribution in [2.45, 2.75) is 20.0 Å². The van der Waals surface area contributed by atoms with Gasteiger partial charge in [-0.2, -0.15) is 13.2 Å². The maximum atomic E-state index is 11.8. The molecule has 0 aromatic carbocycles. The number of hydrogen-bond acceptors (Lipinski definition) is 3. The SMILES string of the molecule is CC.Clc1cccs1.Nc1ccc(C(F)(F)F)s1. The Morgan fingerprint density at radius 3 is 1.94 bits per heavy atom. The summed E-state index contributed by atoms with van der Waals surface area (Å²) in [4.78, 5) is -0.648. The molecule has 18 heavy (non-hydrogen) atoms. The first-order valence-electron chi connectivity index (χ1n) is 5.01. The van der Waals surface area contributed by atoms with Gasteiger partial charge in [0.05, 0.1) is 9.34 Å². The Labute approximate surface area is 117 Å². The highest BCUT2D eigenvalue weighted by Crippen LogP contribution is 2.35. The normalized spacial score (nSPS) is 9.89. The van der Waals surface area contributed by atoms with Gasteiger partial charge in [0.25, 0.3) is 0 Å². The van der Waals surface area contributed by atoms with Gasteiger partial charge in [0.1, 0.15) is 4.88 Å². The Balaban J connectivity index is 0.000000308. The summed E-state index contributed by atoms with van der Waals surface area (Å²) in [5, 5.41) is 2.13. The third-order valence-corrected chi connectivity index (χ3v) is 3.40. The molecule has 0 atom stereocenters. The van der Waals surface area contributed by atoms with Crippen molar-refractivity contribution in [3.8, 4) is 0 Å². The zero-order valence-corrected chi connectivity index (χ0v) is 12.2. The fraction of sp³-hybridized carbons (Fsp3) is 0.273. The quantitative estimate of drug-likeness (QED) is 0.655. The Kier molecular flexibility index (Phi) is 8.06. The molecule has 0 bridgehead atoms. The van der Waals surface area contributed by atoms with Crippen molar-refractivity contribution in [2.24, 2.45) is 0 Å². The molecule has 0 radical (unpaired) electrons. The molecule has 0 aliphatic carbocycles. The zero-order valence-electron chi connectivity index (χ0n) is 9.79. The molecule has 1 nitrogen and oxygen atoms in total. The highest BCUT2D eigenvalue weighted by molar-refractivity contribution is 7.16. The summed E-state index contributed by atoms with van der Waals surface area (Å²) in [6.45, 7) is 4.00. The number of nitrogens with two attached hydrogens (primary N) is 1. The van der Waals surface area contributed by atoms with Crippen LogP contribution in [0.2, 0.25) is 4.34 Å². The first-order chi connectivity index (χ1) is 8.39. The van der Waals surface area contributed by atoms with Gasteiger partial charge in [-0.05, 0) is 29.6 Å². The van der Waals surface area contributed by atoms with Crippen LogP contribution in [0.15, 0.2) is 29.6 Å². The molecule has 102 valence electrons. The maximum absolute atomic E-state index is 11.8. The Hall–Kier alpha value is -0.720. The van der Waals surface area contributed by atoms with Crippen LogP contribution >= 0.6 is 34.3 Å². The van der Waals surface area contributed by atoms with E-state index in [2.05, 4.69) is 0 Å². The van der Waals surface area contributed by atoms with E-state index in [1.165, 1.54) is 6.07 Å². The molecule has 2 aromatic rings. The lowest BCUT2D eigenvalue weighted by Crippen LogP contribution is -2.00. The van der Waals surface area contributed by atoms with Gasteiger partial charge in [0, 0.05) is 0 Å². The molecular weight excluding hydrogens is 303 g/mol. The summed E-state index contributed by atoms with van der Waals surface area (Å²) in [7, 11) is 0. The van der Waals surface area contributed by atoms with Crippen LogP contribution in [0.25, 0.3) is 0 Å². The second kappa shape index (κ2) is 8.39. The summed E-state index contributed by atoms with van der Waals surface area (Å²) < 4.78 is 36.1. The van der Waals surface area contributed by atoms with Crippen molar-refractivity contribution in [1.29, 1.82) is 0 Å². The number of rotatable bonds is 0. The molecule has 0 saturated heterocycles. The van der Waals surface area contributed by atoms with Crippen LogP contribution in [0.4, 0.5) is 18.2 Å². The van der Waals surface area contributed by atoms with Gasteiger partial charge in [-0.3, -0.25) is 0 Å². The number of alkyl halides is 3. The minimum absolute atomic E-state index is 0.187. The Bertz CT molecular complexity index is 424. The minimum Gasteiger partial charge on any atom is -0.391 e. The molecule has 2 N–H and O–H groups in total. The van der Waals surface area contributed by atoms with E-state index in [1.54, 1.807) is 11.3 Å². The van der Waals surface area contributed by atoms with Crippen LogP contribution in [0, 0.1) is 0 Å². The first kappa shape index (κ1) is 17.3. The van der Waals surface area contributed by atoms with Crippen LogP contribution in [0.5, 0.6) is 0 Å². The molecule has 2 rings (SSSR count). The number of thiophene rings is 2. The van der Waals surface area contributed by atoms with Crippen molar-refractivity contribution >= 4 is 39.3 Å². The van der Waals surface area contributed by atoms with Crippen LogP contribution in [0.1, 0.15) is 18.7 Å². The van der Waals surface area contributed by atoms with E-state index in [0.717, 1.165) is 10.4 Å². The predicted octanol–water partition coefficient (Wildman–Crippen LogP) is 5.78. The average Bonchev–Trinajstić information content (AvgIpc) is 2.92. The van der Waals surface area contributed by atoms with E-state index in [4.69, 9.17) is 17.3 Å². The van der Waals surface area contributed by atoms with Gasteiger partial charge in [-0.1, -0.05) is 25.4 Å². The molecule has 2 heterocycles. The molecule has 0 aliphatic rings. The molecule has 0 aliphatic heterocycles. The van der Waals surface area contributed by atoms with Crippen molar-refractivity contribution in [2.75, 3.05) is 5.73 Å². The van der Waals surface area contributed by atoms with Gasteiger partial charge < -0.3 is 5.73 Å². The second-order valence-electron chi connectivity index (χ2n) is 2.62. The monoisotopic (exact) mass is 315 g/mol. The van der Waals surface area contributed by atoms with Gasteiger partial charge in [-0.25, -0.2) is 0 Å². The lowest BCUT2D eigenvalue weighted by Gasteiger charge is -1.99. The number of halogens is 4. The van der Waals surface area contributed by atoms with Crippen LogP contribution in [-0.4, -0.2) is 0 Å². The maximum Gasteiger partial charge on any atom is 0.425 e. The molecule has 0 fully saturated rings. The minimum atomic E-state index is -4.25. The first-order valence-corrected chi connectivity index (χ1v) is 7.08. The molecular formula is C11H13ClF3NS2. The van der Waals surface area contributed by atoms with Crippen molar-refractivity contribution in [1.82, 2.24) is 0 Å². The molecule has 0 saturated carbocycles. The van der Waals surface area contributed by atoms with E-state index < -0.39 is 11.1 Å². The number of anilines is 1. The second-order valence-corrected chi connectivity index (χ2v) is 5.31. The van der Waals surface area contributed by atoms with Gasteiger partial charge >= 0.3 is 6.18 Å². The van der Waals surface area contributed by atoms with E-state index in [0.29, 0.717) is 11.3 Å². The van der Waals surface area contributed by atoms with E-state index >= 15 is 0 Å². The summed E-state index contributed by atoms with van der Waals surface area (Å²) >= 11 is 7.56. The van der Waals surface area contributed by atoms with Crippen molar-refractivity contribution in [3.05, 3.63) is 38.9 Å². The van der Waals surface area contributed by atoms with Crippen LogP contribution in [-0.2, 0) is 6.18 Å².